The molecule has 98 valence electrons. The van der Waals surface area contributed by atoms with E-state index in [1.165, 1.54) is 13.3 Å². The van der Waals surface area contributed by atoms with Gasteiger partial charge < -0.3 is 9.47 Å². The molecule has 0 saturated heterocycles. The molecule has 0 atom stereocenters. The Hall–Kier alpha value is -1.52. The lowest BCUT2D eigenvalue weighted by molar-refractivity contribution is -0.140. The molecular formula is C12H21NO4. The molecule has 0 aromatic carbocycles. The van der Waals surface area contributed by atoms with E-state index in [0.29, 0.717) is 19.3 Å². The van der Waals surface area contributed by atoms with Gasteiger partial charge in [-0.3, -0.25) is 10.1 Å². The number of carbonyl (C=O) groups is 2. The molecule has 1 N–H and O–H groups in total. The first-order valence-corrected chi connectivity index (χ1v) is 5.56. The first-order valence-electron chi connectivity index (χ1n) is 5.56. The number of hydrogen-bond donors (Lipinski definition) is 1. The molecule has 5 heteroatoms. The van der Waals surface area contributed by atoms with E-state index in [-0.39, 0.29) is 5.97 Å². The average molecular weight is 243 g/mol. The normalized spacial score (nSPS) is 11.3. The average Bonchev–Trinajstić information content (AvgIpc) is 2.20. The number of ether oxygens (including phenoxy) is 2. The van der Waals surface area contributed by atoms with Crippen LogP contribution in [0.2, 0.25) is 0 Å². The van der Waals surface area contributed by atoms with Crippen LogP contribution in [0.3, 0.4) is 0 Å². The predicted octanol–water partition coefficient (Wildman–Crippen LogP) is 2.37. The van der Waals surface area contributed by atoms with Crippen molar-refractivity contribution >= 4 is 12.1 Å². The van der Waals surface area contributed by atoms with E-state index in [2.05, 4.69) is 10.1 Å². The van der Waals surface area contributed by atoms with Crippen LogP contribution in [0.1, 0.15) is 40.0 Å². The summed E-state index contributed by atoms with van der Waals surface area (Å²) in [6.45, 7) is 5.39. The summed E-state index contributed by atoms with van der Waals surface area (Å²) in [5.41, 5.74) is -0.497. The summed E-state index contributed by atoms with van der Waals surface area (Å²) >= 11 is 0. The van der Waals surface area contributed by atoms with Crippen molar-refractivity contribution < 1.29 is 19.1 Å². The van der Waals surface area contributed by atoms with Gasteiger partial charge in [0.05, 0.1) is 7.11 Å². The Morgan fingerprint density at radius 1 is 1.29 bits per heavy atom. The van der Waals surface area contributed by atoms with Gasteiger partial charge in [-0.1, -0.05) is 6.08 Å². The topological polar surface area (TPSA) is 64.6 Å². The van der Waals surface area contributed by atoms with Crippen molar-refractivity contribution in [2.45, 2.75) is 45.6 Å². The molecule has 0 aromatic rings. The van der Waals surface area contributed by atoms with Crippen LogP contribution < -0.4 is 5.32 Å². The fraction of sp³-hybridized carbons (Fsp3) is 0.667. The standard InChI is InChI=1S/C12H21NO4/c1-12(2,3)17-11(15)13-9-7-5-6-8-10(14)16-4/h7,9H,5-6,8H2,1-4H3,(H,13,15)/b9-7-. The third kappa shape index (κ3) is 10.8. The minimum absolute atomic E-state index is 0.224. The molecule has 0 heterocycles. The van der Waals surface area contributed by atoms with E-state index in [1.807, 2.05) is 0 Å². The van der Waals surface area contributed by atoms with Crippen LogP contribution in [0.25, 0.3) is 0 Å². The van der Waals surface area contributed by atoms with Gasteiger partial charge in [-0.2, -0.15) is 0 Å². The fourth-order valence-corrected chi connectivity index (χ4v) is 0.984. The van der Waals surface area contributed by atoms with Gasteiger partial charge >= 0.3 is 12.1 Å². The number of hydrogen-bond acceptors (Lipinski definition) is 4. The number of carbonyl (C=O) groups excluding carboxylic acids is 2. The summed E-state index contributed by atoms with van der Waals surface area (Å²) in [7, 11) is 1.36. The number of alkyl carbamates (subject to hydrolysis) is 1. The van der Waals surface area contributed by atoms with Crippen LogP contribution >= 0.6 is 0 Å². The Morgan fingerprint density at radius 2 is 1.94 bits per heavy atom. The van der Waals surface area contributed by atoms with E-state index < -0.39 is 11.7 Å². The van der Waals surface area contributed by atoms with Crippen LogP contribution in [-0.2, 0) is 14.3 Å². The number of esters is 1. The maximum Gasteiger partial charge on any atom is 0.411 e. The van der Waals surface area contributed by atoms with Gasteiger partial charge in [0, 0.05) is 12.6 Å². The van der Waals surface area contributed by atoms with Gasteiger partial charge in [0.1, 0.15) is 5.60 Å². The molecule has 17 heavy (non-hydrogen) atoms. The number of rotatable bonds is 5. The molecular weight excluding hydrogens is 222 g/mol. The Kier molecular flexibility index (Phi) is 7.02. The zero-order valence-electron chi connectivity index (χ0n) is 10.9. The van der Waals surface area contributed by atoms with Crippen LogP contribution in [0.15, 0.2) is 12.3 Å². The molecule has 0 bridgehead atoms. The minimum atomic E-state index is -0.497. The lowest BCUT2D eigenvalue weighted by Gasteiger charge is -2.18. The fourth-order valence-electron chi connectivity index (χ4n) is 0.984. The number of allylic oxidation sites excluding steroid dienone is 1. The molecule has 0 aliphatic carbocycles. The van der Waals surface area contributed by atoms with Gasteiger partial charge in [-0.15, -0.1) is 0 Å². The summed E-state index contributed by atoms with van der Waals surface area (Å²) in [5, 5.41) is 2.48. The highest BCUT2D eigenvalue weighted by atomic mass is 16.6. The highest BCUT2D eigenvalue weighted by Crippen LogP contribution is 2.06. The maximum atomic E-state index is 11.2. The molecule has 0 aromatic heterocycles. The Morgan fingerprint density at radius 3 is 2.47 bits per heavy atom. The molecule has 0 saturated carbocycles. The molecule has 0 spiro atoms. The van der Waals surface area contributed by atoms with Crippen LogP contribution in [0.4, 0.5) is 4.79 Å². The third-order valence-electron chi connectivity index (χ3n) is 1.70. The molecule has 0 unspecified atom stereocenters. The molecule has 0 aliphatic heterocycles. The summed E-state index contributed by atoms with van der Waals surface area (Å²) in [6, 6.07) is 0. The minimum Gasteiger partial charge on any atom is -0.469 e. The lowest BCUT2D eigenvalue weighted by Crippen LogP contribution is -2.29. The predicted molar refractivity (Wildman–Crippen MR) is 64.4 cm³/mol. The van der Waals surface area contributed by atoms with Crippen LogP contribution in [-0.4, -0.2) is 24.8 Å². The van der Waals surface area contributed by atoms with Crippen molar-refractivity contribution in [2.75, 3.05) is 7.11 Å². The summed E-state index contributed by atoms with van der Waals surface area (Å²) in [4.78, 5) is 22.0. The molecule has 1 amide bonds. The third-order valence-corrected chi connectivity index (χ3v) is 1.70. The van der Waals surface area contributed by atoms with Gasteiger partial charge in [0.15, 0.2) is 0 Å². The number of amides is 1. The van der Waals surface area contributed by atoms with Gasteiger partial charge in [-0.05, 0) is 33.6 Å². The van der Waals surface area contributed by atoms with Gasteiger partial charge in [0.2, 0.25) is 0 Å². The van der Waals surface area contributed by atoms with Crippen LogP contribution in [0.5, 0.6) is 0 Å². The quantitative estimate of drug-likeness (QED) is 0.594. The van der Waals surface area contributed by atoms with E-state index in [4.69, 9.17) is 4.74 Å². The summed E-state index contributed by atoms with van der Waals surface area (Å²) < 4.78 is 9.52. The lowest BCUT2D eigenvalue weighted by atomic mass is 10.2. The first-order chi connectivity index (χ1) is 7.85. The van der Waals surface area contributed by atoms with E-state index in [0.717, 1.165) is 0 Å². The van der Waals surface area contributed by atoms with Crippen molar-refractivity contribution in [2.24, 2.45) is 0 Å². The van der Waals surface area contributed by atoms with Crippen LogP contribution in [0, 0.1) is 0 Å². The second-order valence-electron chi connectivity index (χ2n) is 4.52. The molecule has 0 rings (SSSR count). The second kappa shape index (κ2) is 7.70. The van der Waals surface area contributed by atoms with E-state index in [1.54, 1.807) is 26.8 Å². The van der Waals surface area contributed by atoms with Crippen molar-refractivity contribution in [3.05, 3.63) is 12.3 Å². The zero-order valence-corrected chi connectivity index (χ0v) is 10.9. The van der Waals surface area contributed by atoms with Gasteiger partial charge in [-0.25, -0.2) is 4.79 Å². The molecule has 0 fully saturated rings. The van der Waals surface area contributed by atoms with Crippen molar-refractivity contribution in [1.29, 1.82) is 0 Å². The maximum absolute atomic E-state index is 11.2. The van der Waals surface area contributed by atoms with E-state index in [9.17, 15) is 9.59 Å². The smallest absolute Gasteiger partial charge is 0.411 e. The summed E-state index contributed by atoms with van der Waals surface area (Å²) in [5.74, 6) is -0.224. The van der Waals surface area contributed by atoms with E-state index >= 15 is 0 Å². The van der Waals surface area contributed by atoms with Crippen molar-refractivity contribution in [3.8, 4) is 0 Å². The number of unbranched alkanes of at least 4 members (excludes halogenated alkanes) is 1. The highest BCUT2D eigenvalue weighted by Gasteiger charge is 2.14. The molecule has 0 radical (unpaired) electrons. The largest absolute Gasteiger partial charge is 0.469 e. The Balaban J connectivity index is 3.61. The monoisotopic (exact) mass is 243 g/mol. The highest BCUT2D eigenvalue weighted by molar-refractivity contribution is 5.69. The van der Waals surface area contributed by atoms with Crippen molar-refractivity contribution in [3.63, 3.8) is 0 Å². The molecule has 5 nitrogen and oxygen atoms in total. The summed E-state index contributed by atoms with van der Waals surface area (Å²) in [6.07, 6.45) is 4.58. The number of methoxy groups -OCH3 is 1. The first kappa shape index (κ1) is 15.5. The number of nitrogens with one attached hydrogen (secondary N) is 1. The zero-order chi connectivity index (χ0) is 13.3. The van der Waals surface area contributed by atoms with Gasteiger partial charge in [0.25, 0.3) is 0 Å². The molecule has 0 aliphatic rings. The second-order valence-corrected chi connectivity index (χ2v) is 4.52. The SMILES string of the molecule is COC(=O)CCC/C=C\NC(=O)OC(C)(C)C. The van der Waals surface area contributed by atoms with Crippen molar-refractivity contribution in [1.82, 2.24) is 5.32 Å². The Labute approximate surface area is 102 Å². The Bertz CT molecular complexity index is 279.